The number of carbonyl (C=O) groups is 2. The quantitative estimate of drug-likeness (QED) is 0.605. The Bertz CT molecular complexity index is 783. The Morgan fingerprint density at radius 2 is 1.81 bits per heavy atom. The third-order valence-corrected chi connectivity index (χ3v) is 3.54. The van der Waals surface area contributed by atoms with Gasteiger partial charge >= 0.3 is 0 Å². The van der Waals surface area contributed by atoms with Crippen LogP contribution in [0.4, 0.5) is 0 Å². The lowest BCUT2D eigenvalue weighted by molar-refractivity contribution is -0.107. The number of aliphatic hydroxyl groups excluding tert-OH is 1. The molecule has 0 saturated carbocycles. The van der Waals surface area contributed by atoms with Crippen molar-refractivity contribution in [3.8, 4) is 11.3 Å². The predicted molar refractivity (Wildman–Crippen MR) is 103 cm³/mol. The van der Waals surface area contributed by atoms with Crippen molar-refractivity contribution in [1.82, 2.24) is 5.32 Å². The molecule has 26 heavy (non-hydrogen) atoms. The fraction of sp³-hybridized carbons (Fsp3) is 0.238. The topological polar surface area (TPSA) is 79.5 Å². The number of rotatable bonds is 6. The minimum atomic E-state index is -0.323. The Labute approximate surface area is 154 Å². The third kappa shape index (κ3) is 6.18. The molecular weight excluding hydrogens is 330 g/mol. The highest BCUT2D eigenvalue weighted by atomic mass is 16.3. The Morgan fingerprint density at radius 3 is 2.38 bits per heavy atom. The molecule has 2 aromatic rings. The van der Waals surface area contributed by atoms with Crippen molar-refractivity contribution < 1.29 is 19.1 Å². The molecule has 0 radical (unpaired) electrons. The molecule has 1 heterocycles. The molecule has 0 aliphatic rings. The zero-order chi connectivity index (χ0) is 19.5. The summed E-state index contributed by atoms with van der Waals surface area (Å²) in [6.07, 6.45) is 4.72. The van der Waals surface area contributed by atoms with E-state index in [1.165, 1.54) is 5.56 Å². The van der Waals surface area contributed by atoms with Crippen LogP contribution in [0.25, 0.3) is 11.3 Å². The highest BCUT2D eigenvalue weighted by Gasteiger charge is 2.12. The Balaban J connectivity index is 0.00000163. The van der Waals surface area contributed by atoms with Crippen LogP contribution in [0.1, 0.15) is 36.4 Å². The van der Waals surface area contributed by atoms with Gasteiger partial charge in [0, 0.05) is 24.8 Å². The van der Waals surface area contributed by atoms with Gasteiger partial charge in [0.25, 0.3) is 5.91 Å². The number of carbonyl (C=O) groups excluding carboxylic acids is 2. The number of benzene rings is 1. The summed E-state index contributed by atoms with van der Waals surface area (Å²) in [5.41, 5.74) is 3.59. The number of aliphatic hydroxyl groups is 1. The van der Waals surface area contributed by atoms with Gasteiger partial charge in [-0.15, -0.1) is 0 Å². The minimum Gasteiger partial charge on any atom is -0.451 e. The molecule has 2 N–H and O–H groups in total. The maximum atomic E-state index is 12.3. The molecule has 0 atom stereocenters. The summed E-state index contributed by atoms with van der Waals surface area (Å²) in [6.45, 7) is 5.68. The predicted octanol–water partition coefficient (Wildman–Crippen LogP) is 4.03. The van der Waals surface area contributed by atoms with E-state index in [1.54, 1.807) is 24.3 Å². The van der Waals surface area contributed by atoms with Crippen molar-refractivity contribution >= 4 is 12.2 Å². The van der Waals surface area contributed by atoms with Gasteiger partial charge < -0.3 is 19.6 Å². The molecule has 138 valence electrons. The van der Waals surface area contributed by atoms with Crippen LogP contribution in [-0.4, -0.2) is 24.4 Å². The largest absolute Gasteiger partial charge is 0.451 e. The molecule has 2 rings (SSSR count). The van der Waals surface area contributed by atoms with Crippen molar-refractivity contribution in [2.45, 2.75) is 27.2 Å². The summed E-state index contributed by atoms with van der Waals surface area (Å²) in [4.78, 5) is 22.8. The monoisotopic (exact) mass is 355 g/mol. The molecule has 0 aliphatic carbocycles. The molecule has 1 amide bonds. The first-order valence-electron chi connectivity index (χ1n) is 8.23. The highest BCUT2D eigenvalue weighted by Crippen LogP contribution is 2.22. The van der Waals surface area contributed by atoms with Crippen molar-refractivity contribution in [1.29, 1.82) is 0 Å². The molecule has 0 unspecified atom stereocenters. The lowest BCUT2D eigenvalue weighted by Gasteiger charge is -2.05. The first kappa shape index (κ1) is 21.1. The SMILES string of the molecule is C/C=C(\C=C(/C)CC=O)NC(=O)c1ccc(-c2ccc(C)cc2)o1.CO. The minimum absolute atomic E-state index is 0.242. The molecule has 0 saturated heterocycles. The van der Waals surface area contributed by atoms with Gasteiger partial charge in [0.05, 0.1) is 0 Å². The van der Waals surface area contributed by atoms with E-state index in [2.05, 4.69) is 5.32 Å². The molecule has 0 bridgehead atoms. The molecule has 5 heteroatoms. The number of aryl methyl sites for hydroxylation is 1. The van der Waals surface area contributed by atoms with E-state index in [-0.39, 0.29) is 11.7 Å². The van der Waals surface area contributed by atoms with Crippen molar-refractivity contribution in [3.05, 3.63) is 71.1 Å². The normalized spacial score (nSPS) is 11.4. The van der Waals surface area contributed by atoms with Gasteiger partial charge in [-0.3, -0.25) is 4.79 Å². The van der Waals surface area contributed by atoms with Crippen LogP contribution in [0.15, 0.2) is 64.2 Å². The number of amides is 1. The van der Waals surface area contributed by atoms with Gasteiger partial charge in [0.2, 0.25) is 0 Å². The molecule has 5 nitrogen and oxygen atoms in total. The Kier molecular flexibility index (Phi) is 8.81. The second-order valence-corrected chi connectivity index (χ2v) is 5.59. The van der Waals surface area contributed by atoms with Crippen LogP contribution in [-0.2, 0) is 4.79 Å². The molecular formula is C21H25NO4. The molecule has 0 spiro atoms. The number of allylic oxidation sites excluding steroid dienone is 3. The smallest absolute Gasteiger partial charge is 0.291 e. The average Bonchev–Trinajstić information content (AvgIpc) is 3.14. The van der Waals surface area contributed by atoms with E-state index in [1.807, 2.05) is 45.0 Å². The maximum absolute atomic E-state index is 12.3. The maximum Gasteiger partial charge on any atom is 0.291 e. The van der Waals surface area contributed by atoms with E-state index in [4.69, 9.17) is 9.52 Å². The number of furan rings is 1. The fourth-order valence-corrected chi connectivity index (χ4v) is 2.17. The summed E-state index contributed by atoms with van der Waals surface area (Å²) in [7, 11) is 1.00. The van der Waals surface area contributed by atoms with E-state index < -0.39 is 0 Å². The second kappa shape index (κ2) is 10.8. The van der Waals surface area contributed by atoms with Crippen molar-refractivity contribution in [2.24, 2.45) is 0 Å². The summed E-state index contributed by atoms with van der Waals surface area (Å²) in [5.74, 6) is 0.567. The fourth-order valence-electron chi connectivity index (χ4n) is 2.17. The molecule has 0 aliphatic heterocycles. The van der Waals surface area contributed by atoms with Crippen LogP contribution in [0, 0.1) is 6.92 Å². The number of hydrogen-bond acceptors (Lipinski definition) is 4. The highest BCUT2D eigenvalue weighted by molar-refractivity contribution is 5.93. The standard InChI is InChI=1S/C20H21NO3.CH4O/c1-4-17(13-15(3)11-12-22)21-20(23)19-10-9-18(24-19)16-7-5-14(2)6-8-16;1-2/h4-10,12-13H,11H2,1-3H3,(H,21,23);2H,1H3/b15-13+,17-4+;. The van der Waals surface area contributed by atoms with Crippen molar-refractivity contribution in [3.63, 3.8) is 0 Å². The van der Waals surface area contributed by atoms with Crippen molar-refractivity contribution in [2.75, 3.05) is 7.11 Å². The first-order chi connectivity index (χ1) is 12.5. The Morgan fingerprint density at radius 1 is 1.15 bits per heavy atom. The van der Waals surface area contributed by atoms with E-state index in [9.17, 15) is 9.59 Å². The summed E-state index contributed by atoms with van der Waals surface area (Å²) < 4.78 is 5.65. The van der Waals surface area contributed by atoms with Gasteiger partial charge in [-0.1, -0.05) is 41.5 Å². The molecule has 1 aromatic carbocycles. The zero-order valence-electron chi connectivity index (χ0n) is 15.6. The lowest BCUT2D eigenvalue weighted by atomic mass is 10.1. The average molecular weight is 355 g/mol. The van der Waals surface area contributed by atoms with Crippen LogP contribution in [0.2, 0.25) is 0 Å². The second-order valence-electron chi connectivity index (χ2n) is 5.59. The van der Waals surface area contributed by atoms with Crippen LogP contribution in [0.3, 0.4) is 0 Å². The van der Waals surface area contributed by atoms with Gasteiger partial charge in [0.15, 0.2) is 5.76 Å². The van der Waals surface area contributed by atoms with Crippen LogP contribution < -0.4 is 5.32 Å². The van der Waals surface area contributed by atoms with Gasteiger partial charge in [-0.25, -0.2) is 0 Å². The number of hydrogen-bond donors (Lipinski definition) is 2. The summed E-state index contributed by atoms with van der Waals surface area (Å²) >= 11 is 0. The first-order valence-corrected chi connectivity index (χ1v) is 8.23. The Hall–Kier alpha value is -2.92. The van der Waals surface area contributed by atoms with Gasteiger partial charge in [-0.2, -0.15) is 0 Å². The molecule has 0 fully saturated rings. The van der Waals surface area contributed by atoms with Crippen LogP contribution >= 0.6 is 0 Å². The molecule has 1 aromatic heterocycles. The number of aldehydes is 1. The summed E-state index contributed by atoms with van der Waals surface area (Å²) in [6, 6.07) is 11.3. The third-order valence-electron chi connectivity index (χ3n) is 3.54. The van der Waals surface area contributed by atoms with Gasteiger partial charge in [0.1, 0.15) is 12.0 Å². The van der Waals surface area contributed by atoms with E-state index >= 15 is 0 Å². The van der Waals surface area contributed by atoms with E-state index in [0.29, 0.717) is 17.9 Å². The van der Waals surface area contributed by atoms with Crippen LogP contribution in [0.5, 0.6) is 0 Å². The summed E-state index contributed by atoms with van der Waals surface area (Å²) in [5, 5.41) is 9.78. The lowest BCUT2D eigenvalue weighted by Crippen LogP contribution is -2.21. The van der Waals surface area contributed by atoms with Gasteiger partial charge in [-0.05, 0) is 39.0 Å². The van der Waals surface area contributed by atoms with E-state index in [0.717, 1.165) is 24.5 Å². The number of nitrogens with one attached hydrogen (secondary N) is 1. The zero-order valence-corrected chi connectivity index (χ0v) is 15.6.